The minimum absolute atomic E-state index is 0.0900. The lowest BCUT2D eigenvalue weighted by Gasteiger charge is -1.99. The molecule has 0 N–H and O–H groups in total. The van der Waals surface area contributed by atoms with Crippen molar-refractivity contribution in [3.63, 3.8) is 0 Å². The number of sulfone groups is 1. The Morgan fingerprint density at radius 2 is 2.06 bits per heavy atom. The molecule has 0 amide bonds. The Hall–Kier alpha value is -1.17. The van der Waals surface area contributed by atoms with Gasteiger partial charge in [-0.3, -0.25) is 0 Å². The van der Waals surface area contributed by atoms with Crippen LogP contribution in [0.1, 0.15) is 6.42 Å². The van der Waals surface area contributed by atoms with Crippen LogP contribution in [0.5, 0.6) is 0 Å². The van der Waals surface area contributed by atoms with Gasteiger partial charge in [-0.2, -0.15) is 0 Å². The quantitative estimate of drug-likeness (QED) is 0.740. The molecular formula is C13H16O4S. The van der Waals surface area contributed by atoms with Crippen LogP contribution in [0, 0.1) is 5.92 Å². The van der Waals surface area contributed by atoms with Crippen molar-refractivity contribution in [2.24, 2.45) is 5.92 Å². The molecule has 0 heterocycles. The summed E-state index contributed by atoms with van der Waals surface area (Å²) < 4.78 is 34.0. The summed E-state index contributed by atoms with van der Waals surface area (Å²) in [5, 5.41) is 1.27. The molecule has 1 aliphatic carbocycles. The maximum Gasteiger partial charge on any atom is 0.199 e. The molecule has 1 aromatic rings. The maximum absolute atomic E-state index is 11.9. The predicted octanol–water partition coefficient (Wildman–Crippen LogP) is 1.98. The van der Waals surface area contributed by atoms with Crippen LogP contribution in [0.25, 0.3) is 0 Å². The van der Waals surface area contributed by atoms with Crippen molar-refractivity contribution in [1.82, 2.24) is 0 Å². The molecule has 0 aliphatic heterocycles. The molecule has 4 nitrogen and oxygen atoms in total. The number of hydrogen-bond donors (Lipinski definition) is 0. The van der Waals surface area contributed by atoms with Crippen molar-refractivity contribution >= 4 is 9.84 Å². The summed E-state index contributed by atoms with van der Waals surface area (Å²) in [4.78, 5) is 0.316. The Morgan fingerprint density at radius 3 is 2.72 bits per heavy atom. The van der Waals surface area contributed by atoms with Crippen LogP contribution in [0.2, 0.25) is 0 Å². The Morgan fingerprint density at radius 1 is 1.33 bits per heavy atom. The van der Waals surface area contributed by atoms with Gasteiger partial charge in [0.15, 0.2) is 9.84 Å². The van der Waals surface area contributed by atoms with Crippen LogP contribution in [-0.2, 0) is 19.3 Å². The first kappa shape index (κ1) is 13.3. The summed E-state index contributed by atoms with van der Waals surface area (Å²) in [6.07, 6.45) is 2.64. The fourth-order valence-corrected chi connectivity index (χ4v) is 2.73. The number of methoxy groups -OCH3 is 1. The Kier molecular flexibility index (Phi) is 4.16. The highest BCUT2D eigenvalue weighted by atomic mass is 32.2. The number of benzene rings is 1. The molecule has 0 saturated heterocycles. The van der Waals surface area contributed by atoms with Crippen LogP contribution >= 0.6 is 0 Å². The highest BCUT2D eigenvalue weighted by Gasteiger charge is 2.36. The van der Waals surface area contributed by atoms with Gasteiger partial charge in [-0.1, -0.05) is 24.3 Å². The van der Waals surface area contributed by atoms with Crippen LogP contribution in [0.15, 0.2) is 46.7 Å². The van der Waals surface area contributed by atoms with Crippen LogP contribution < -0.4 is 0 Å². The highest BCUT2D eigenvalue weighted by Crippen LogP contribution is 2.35. The van der Waals surface area contributed by atoms with Gasteiger partial charge in [-0.05, 0) is 18.6 Å². The second-order valence-electron chi connectivity index (χ2n) is 4.20. The van der Waals surface area contributed by atoms with E-state index in [1.165, 1.54) is 5.41 Å². The topological polar surface area (TPSA) is 52.6 Å². The minimum atomic E-state index is -3.33. The Balaban J connectivity index is 1.94. The average Bonchev–Trinajstić information content (AvgIpc) is 3.14. The lowest BCUT2D eigenvalue weighted by Crippen LogP contribution is -2.00. The Labute approximate surface area is 107 Å². The standard InChI is InChI=1S/C13H16O4S/c1-16-10-17-13-9-11(13)7-8-18(14,15)12-5-3-2-4-6-12/h2-8,11,13H,9-10H2,1H3/b8-7+/t11-,13-/m1/s1. The second kappa shape index (κ2) is 5.65. The zero-order valence-electron chi connectivity index (χ0n) is 10.2. The van der Waals surface area contributed by atoms with Crippen LogP contribution in [0.3, 0.4) is 0 Å². The van der Waals surface area contributed by atoms with E-state index < -0.39 is 9.84 Å². The molecule has 1 aromatic carbocycles. The van der Waals surface area contributed by atoms with E-state index in [0.717, 1.165) is 6.42 Å². The summed E-state index contributed by atoms with van der Waals surface area (Å²) in [6, 6.07) is 8.39. The van der Waals surface area contributed by atoms with Crippen molar-refractivity contribution in [1.29, 1.82) is 0 Å². The molecule has 0 spiro atoms. The molecule has 0 aromatic heterocycles. The van der Waals surface area contributed by atoms with Crippen molar-refractivity contribution in [3.05, 3.63) is 41.8 Å². The van der Waals surface area contributed by atoms with Gasteiger partial charge in [0.25, 0.3) is 0 Å². The molecule has 0 bridgehead atoms. The number of ether oxygens (including phenoxy) is 2. The molecule has 0 radical (unpaired) electrons. The molecule has 1 aliphatic rings. The first-order chi connectivity index (χ1) is 8.63. The van der Waals surface area contributed by atoms with Gasteiger partial charge in [0.05, 0.1) is 11.0 Å². The molecular weight excluding hydrogens is 252 g/mol. The van der Waals surface area contributed by atoms with Gasteiger partial charge in [0.1, 0.15) is 6.79 Å². The predicted molar refractivity (Wildman–Crippen MR) is 67.6 cm³/mol. The van der Waals surface area contributed by atoms with E-state index in [-0.39, 0.29) is 18.8 Å². The van der Waals surface area contributed by atoms with Gasteiger partial charge in [0, 0.05) is 18.4 Å². The van der Waals surface area contributed by atoms with Crippen molar-refractivity contribution in [2.45, 2.75) is 17.4 Å². The lowest BCUT2D eigenvalue weighted by atomic mass is 10.4. The first-order valence-electron chi connectivity index (χ1n) is 5.72. The summed E-state index contributed by atoms with van der Waals surface area (Å²) in [5.41, 5.74) is 0. The maximum atomic E-state index is 11.9. The average molecular weight is 268 g/mol. The van der Waals surface area contributed by atoms with E-state index in [4.69, 9.17) is 9.47 Å². The Bertz CT molecular complexity index is 507. The van der Waals surface area contributed by atoms with E-state index in [2.05, 4.69) is 0 Å². The van der Waals surface area contributed by atoms with E-state index in [0.29, 0.717) is 4.90 Å². The van der Waals surface area contributed by atoms with E-state index >= 15 is 0 Å². The molecule has 5 heteroatoms. The third-order valence-corrected chi connectivity index (χ3v) is 4.20. The lowest BCUT2D eigenvalue weighted by molar-refractivity contribution is -0.0419. The third-order valence-electron chi connectivity index (χ3n) is 2.76. The fourth-order valence-electron chi connectivity index (χ4n) is 1.63. The normalized spacial score (nSPS) is 23.4. The smallest absolute Gasteiger partial charge is 0.199 e. The summed E-state index contributed by atoms with van der Waals surface area (Å²) in [6.45, 7) is 0.250. The molecule has 2 rings (SSSR count). The molecule has 1 saturated carbocycles. The van der Waals surface area contributed by atoms with Crippen LogP contribution in [0.4, 0.5) is 0 Å². The van der Waals surface area contributed by atoms with Crippen molar-refractivity contribution < 1.29 is 17.9 Å². The second-order valence-corrected chi connectivity index (χ2v) is 6.03. The minimum Gasteiger partial charge on any atom is -0.359 e. The number of hydrogen-bond acceptors (Lipinski definition) is 4. The summed E-state index contributed by atoms with van der Waals surface area (Å²) in [7, 11) is -1.76. The van der Waals surface area contributed by atoms with E-state index in [9.17, 15) is 8.42 Å². The number of rotatable bonds is 6. The van der Waals surface area contributed by atoms with Gasteiger partial charge < -0.3 is 9.47 Å². The molecule has 2 atom stereocenters. The molecule has 0 unspecified atom stereocenters. The molecule has 1 fully saturated rings. The zero-order valence-corrected chi connectivity index (χ0v) is 11.0. The largest absolute Gasteiger partial charge is 0.359 e. The third kappa shape index (κ3) is 3.41. The van der Waals surface area contributed by atoms with Gasteiger partial charge in [0.2, 0.25) is 0 Å². The van der Waals surface area contributed by atoms with Gasteiger partial charge >= 0.3 is 0 Å². The summed E-state index contributed by atoms with van der Waals surface area (Å²) >= 11 is 0. The van der Waals surface area contributed by atoms with Crippen molar-refractivity contribution in [2.75, 3.05) is 13.9 Å². The monoisotopic (exact) mass is 268 g/mol. The van der Waals surface area contributed by atoms with E-state index in [1.807, 2.05) is 0 Å². The van der Waals surface area contributed by atoms with E-state index in [1.54, 1.807) is 43.5 Å². The van der Waals surface area contributed by atoms with Crippen LogP contribution in [-0.4, -0.2) is 28.4 Å². The van der Waals surface area contributed by atoms with Gasteiger partial charge in [-0.15, -0.1) is 0 Å². The molecule has 98 valence electrons. The van der Waals surface area contributed by atoms with Gasteiger partial charge in [-0.25, -0.2) is 8.42 Å². The van der Waals surface area contributed by atoms with Crippen molar-refractivity contribution in [3.8, 4) is 0 Å². The summed E-state index contributed by atoms with van der Waals surface area (Å²) in [5.74, 6) is 0.179. The fraction of sp³-hybridized carbons (Fsp3) is 0.385. The first-order valence-corrected chi connectivity index (χ1v) is 7.27. The zero-order chi connectivity index (χ0) is 13.0. The SMILES string of the molecule is COCO[C@@H]1C[C@H]1/C=C/S(=O)(=O)c1ccccc1. The highest BCUT2D eigenvalue weighted by molar-refractivity contribution is 7.94. The molecule has 18 heavy (non-hydrogen) atoms.